The molecule has 1 fully saturated rings. The van der Waals surface area contributed by atoms with Crippen molar-refractivity contribution in [3.8, 4) is 0 Å². The largest absolute Gasteiger partial charge is 0.392 e. The lowest BCUT2D eigenvalue weighted by Gasteiger charge is -2.54. The van der Waals surface area contributed by atoms with Gasteiger partial charge >= 0.3 is 0 Å². The Morgan fingerprint density at radius 3 is 2.83 bits per heavy atom. The van der Waals surface area contributed by atoms with Gasteiger partial charge in [0.15, 0.2) is 0 Å². The third-order valence-corrected chi connectivity index (χ3v) is 7.23. The molecular weight excluding hydrogens is 284 g/mol. The average molecular weight is 316 g/mol. The molecule has 23 heavy (non-hydrogen) atoms. The standard InChI is InChI=1S/C21H32O2/c1-4-6-20(23)21(3)12-11-17-16-10-8-15(22)13-14(16)7-9-18(17)19(21)5-2/h4,17-20,23H,1,5-13H2,2-3H3/t17-,18-,19+,20?,21+/m1/s1. The fourth-order valence-electron chi connectivity index (χ4n) is 6.01. The number of carbonyl (C=O) groups is 1. The van der Waals surface area contributed by atoms with E-state index in [0.717, 1.165) is 38.5 Å². The molecule has 0 aliphatic heterocycles. The van der Waals surface area contributed by atoms with Crippen molar-refractivity contribution in [1.82, 2.24) is 0 Å². The van der Waals surface area contributed by atoms with Crippen LogP contribution in [0, 0.1) is 23.2 Å². The minimum atomic E-state index is -0.269. The molecule has 0 saturated heterocycles. The average Bonchev–Trinajstić information content (AvgIpc) is 2.54. The molecule has 0 amide bonds. The van der Waals surface area contributed by atoms with Gasteiger partial charge in [-0.15, -0.1) is 6.58 Å². The van der Waals surface area contributed by atoms with Crippen LogP contribution in [0.2, 0.25) is 0 Å². The van der Waals surface area contributed by atoms with Crippen LogP contribution in [-0.2, 0) is 4.79 Å². The molecule has 0 bridgehead atoms. The van der Waals surface area contributed by atoms with E-state index in [0.29, 0.717) is 30.0 Å². The fourth-order valence-corrected chi connectivity index (χ4v) is 6.01. The normalized spacial score (nSPS) is 38.7. The van der Waals surface area contributed by atoms with Crippen molar-refractivity contribution >= 4 is 5.78 Å². The third kappa shape index (κ3) is 2.84. The Labute approximate surface area is 141 Å². The SMILES string of the molecule is C=CCC(O)[C@@]1(C)CC[C@@H]2C3=C(CC[C@H]2[C@@H]1CC)CC(=O)CC3. The number of ketones is 1. The minimum absolute atomic E-state index is 0.0205. The van der Waals surface area contributed by atoms with Crippen LogP contribution in [0.15, 0.2) is 23.8 Å². The predicted molar refractivity (Wildman–Crippen MR) is 94.0 cm³/mol. The first kappa shape index (κ1) is 17.0. The summed E-state index contributed by atoms with van der Waals surface area (Å²) in [6.45, 7) is 8.42. The molecule has 128 valence electrons. The molecule has 0 aromatic carbocycles. The zero-order valence-electron chi connectivity index (χ0n) is 14.8. The highest BCUT2D eigenvalue weighted by Crippen LogP contribution is 2.57. The van der Waals surface area contributed by atoms with Gasteiger partial charge in [0.25, 0.3) is 0 Å². The summed E-state index contributed by atoms with van der Waals surface area (Å²) >= 11 is 0. The van der Waals surface area contributed by atoms with Gasteiger partial charge in [0.05, 0.1) is 6.10 Å². The minimum Gasteiger partial charge on any atom is -0.392 e. The summed E-state index contributed by atoms with van der Waals surface area (Å²) in [5, 5.41) is 10.8. The van der Waals surface area contributed by atoms with Crippen molar-refractivity contribution in [2.45, 2.75) is 77.7 Å². The molecule has 3 rings (SSSR count). The van der Waals surface area contributed by atoms with Crippen LogP contribution in [0.4, 0.5) is 0 Å². The number of hydrogen-bond acceptors (Lipinski definition) is 2. The molecular formula is C21H32O2. The Kier molecular flexibility index (Phi) is 4.83. The zero-order chi connectivity index (χ0) is 16.6. The zero-order valence-corrected chi connectivity index (χ0v) is 14.8. The topological polar surface area (TPSA) is 37.3 Å². The summed E-state index contributed by atoms with van der Waals surface area (Å²) < 4.78 is 0. The van der Waals surface area contributed by atoms with Gasteiger partial charge in [0.1, 0.15) is 5.78 Å². The molecule has 0 aromatic heterocycles. The number of hydrogen-bond donors (Lipinski definition) is 1. The number of Topliss-reactive ketones (excluding diaryl/α,β-unsaturated/α-hetero) is 1. The van der Waals surface area contributed by atoms with Gasteiger partial charge in [0.2, 0.25) is 0 Å². The van der Waals surface area contributed by atoms with Crippen LogP contribution < -0.4 is 0 Å². The Balaban J connectivity index is 1.87. The second-order valence-electron chi connectivity index (χ2n) is 8.25. The quantitative estimate of drug-likeness (QED) is 0.755. The van der Waals surface area contributed by atoms with Crippen molar-refractivity contribution in [2.24, 2.45) is 23.2 Å². The first-order valence-corrected chi connectivity index (χ1v) is 9.52. The second kappa shape index (κ2) is 6.55. The molecule has 0 spiro atoms. The van der Waals surface area contributed by atoms with Crippen molar-refractivity contribution in [3.05, 3.63) is 23.8 Å². The lowest BCUT2D eigenvalue weighted by atomic mass is 9.51. The van der Waals surface area contributed by atoms with Crippen LogP contribution >= 0.6 is 0 Å². The highest BCUT2D eigenvalue weighted by Gasteiger charge is 2.50. The maximum absolute atomic E-state index is 11.8. The van der Waals surface area contributed by atoms with Crippen LogP contribution in [0.1, 0.15) is 71.6 Å². The molecule has 3 aliphatic carbocycles. The van der Waals surface area contributed by atoms with E-state index in [4.69, 9.17) is 0 Å². The highest BCUT2D eigenvalue weighted by molar-refractivity contribution is 5.82. The van der Waals surface area contributed by atoms with Crippen molar-refractivity contribution in [3.63, 3.8) is 0 Å². The number of rotatable bonds is 4. The Bertz CT molecular complexity index is 518. The Morgan fingerprint density at radius 1 is 1.35 bits per heavy atom. The van der Waals surface area contributed by atoms with Crippen LogP contribution in [0.25, 0.3) is 0 Å². The summed E-state index contributed by atoms with van der Waals surface area (Å²) in [6, 6.07) is 0. The number of aliphatic hydroxyl groups excluding tert-OH is 1. The van der Waals surface area contributed by atoms with Crippen molar-refractivity contribution in [1.29, 1.82) is 0 Å². The number of fused-ring (bicyclic) bond motifs is 2. The number of allylic oxidation sites excluding steroid dienone is 2. The van der Waals surface area contributed by atoms with Crippen LogP contribution in [0.3, 0.4) is 0 Å². The van der Waals surface area contributed by atoms with E-state index in [1.54, 1.807) is 5.57 Å². The first-order valence-electron chi connectivity index (χ1n) is 9.52. The Morgan fingerprint density at radius 2 is 2.13 bits per heavy atom. The van der Waals surface area contributed by atoms with E-state index in [-0.39, 0.29) is 11.5 Å². The van der Waals surface area contributed by atoms with E-state index >= 15 is 0 Å². The number of carbonyl (C=O) groups excluding carboxylic acids is 1. The smallest absolute Gasteiger partial charge is 0.137 e. The molecule has 1 saturated carbocycles. The molecule has 0 heterocycles. The maximum atomic E-state index is 11.8. The first-order chi connectivity index (χ1) is 11.0. The number of aliphatic hydroxyl groups is 1. The molecule has 5 atom stereocenters. The van der Waals surface area contributed by atoms with Crippen LogP contribution in [0.5, 0.6) is 0 Å². The summed E-state index contributed by atoms with van der Waals surface area (Å²) in [5.74, 6) is 2.41. The summed E-state index contributed by atoms with van der Waals surface area (Å²) in [6.07, 6.45) is 10.6. The summed E-state index contributed by atoms with van der Waals surface area (Å²) in [5.41, 5.74) is 3.14. The van der Waals surface area contributed by atoms with Gasteiger partial charge in [-0.2, -0.15) is 0 Å². The van der Waals surface area contributed by atoms with Gasteiger partial charge in [-0.05, 0) is 61.7 Å². The molecule has 0 aromatic rings. The molecule has 2 heteroatoms. The molecule has 3 aliphatic rings. The monoisotopic (exact) mass is 316 g/mol. The Hall–Kier alpha value is -0.890. The third-order valence-electron chi connectivity index (χ3n) is 7.23. The van der Waals surface area contributed by atoms with E-state index in [2.05, 4.69) is 20.4 Å². The van der Waals surface area contributed by atoms with Gasteiger partial charge in [-0.1, -0.05) is 37.5 Å². The molecule has 0 radical (unpaired) electrons. The molecule has 1 N–H and O–H groups in total. The second-order valence-corrected chi connectivity index (χ2v) is 8.25. The van der Waals surface area contributed by atoms with E-state index < -0.39 is 0 Å². The summed E-state index contributed by atoms with van der Waals surface area (Å²) in [7, 11) is 0. The van der Waals surface area contributed by atoms with Crippen molar-refractivity contribution in [2.75, 3.05) is 0 Å². The van der Waals surface area contributed by atoms with Gasteiger partial charge in [-0.3, -0.25) is 4.79 Å². The molecule has 2 nitrogen and oxygen atoms in total. The van der Waals surface area contributed by atoms with Crippen LogP contribution in [-0.4, -0.2) is 17.0 Å². The summed E-state index contributed by atoms with van der Waals surface area (Å²) in [4.78, 5) is 11.8. The van der Waals surface area contributed by atoms with E-state index in [9.17, 15) is 9.90 Å². The van der Waals surface area contributed by atoms with Gasteiger partial charge in [0, 0.05) is 12.8 Å². The van der Waals surface area contributed by atoms with Gasteiger partial charge in [-0.25, -0.2) is 0 Å². The van der Waals surface area contributed by atoms with Crippen molar-refractivity contribution < 1.29 is 9.90 Å². The fraction of sp³-hybridized carbons (Fsp3) is 0.762. The lowest BCUT2D eigenvalue weighted by Crippen LogP contribution is -2.49. The van der Waals surface area contributed by atoms with E-state index in [1.807, 2.05) is 6.08 Å². The van der Waals surface area contributed by atoms with Gasteiger partial charge < -0.3 is 5.11 Å². The lowest BCUT2D eigenvalue weighted by molar-refractivity contribution is -0.119. The predicted octanol–water partition coefficient (Wildman–Crippen LogP) is 4.83. The highest BCUT2D eigenvalue weighted by atomic mass is 16.3. The van der Waals surface area contributed by atoms with E-state index in [1.165, 1.54) is 18.4 Å². The molecule has 1 unspecified atom stereocenters. The maximum Gasteiger partial charge on any atom is 0.137 e.